The van der Waals surface area contributed by atoms with Crippen LogP contribution < -0.4 is 14.8 Å². The first-order valence-electron chi connectivity index (χ1n) is 8.05. The Hall–Kier alpha value is -3.04. The third-order valence-corrected chi connectivity index (χ3v) is 5.44. The van der Waals surface area contributed by atoms with Gasteiger partial charge in [0.15, 0.2) is 16.7 Å². The fraction of sp³-hybridized carbons (Fsp3) is 0.111. The molecule has 1 fully saturated rings. The zero-order valence-corrected chi connectivity index (χ0v) is 16.0. The van der Waals surface area contributed by atoms with Gasteiger partial charge >= 0.3 is 0 Å². The average Bonchev–Trinajstić information content (AvgIpc) is 3.24. The molecule has 142 valence electrons. The van der Waals surface area contributed by atoms with Crippen molar-refractivity contribution in [3.05, 3.63) is 61.5 Å². The number of nitro benzene ring substituents is 1. The van der Waals surface area contributed by atoms with Gasteiger partial charge in [-0.1, -0.05) is 17.7 Å². The van der Waals surface area contributed by atoms with E-state index in [0.29, 0.717) is 27.4 Å². The molecule has 0 atom stereocenters. The van der Waals surface area contributed by atoms with Crippen molar-refractivity contribution < 1.29 is 19.2 Å². The molecule has 0 saturated carbocycles. The Morgan fingerprint density at radius 3 is 2.82 bits per heavy atom. The number of nitrogens with one attached hydrogen (secondary N) is 1. The highest BCUT2D eigenvalue weighted by Crippen LogP contribution is 2.40. The molecule has 4 rings (SSSR count). The van der Waals surface area contributed by atoms with Crippen molar-refractivity contribution in [1.29, 1.82) is 0 Å². The van der Waals surface area contributed by atoms with Crippen molar-refractivity contribution in [3.63, 3.8) is 0 Å². The van der Waals surface area contributed by atoms with Crippen LogP contribution >= 0.6 is 23.4 Å². The SMILES string of the molecule is Cc1c(Cl)cccc1N=C1NC(=O)/C(=C/c2cc3c(cc2[N+](=O)[O-])OCO3)S1. The van der Waals surface area contributed by atoms with E-state index in [-0.39, 0.29) is 22.9 Å². The molecule has 2 aliphatic heterocycles. The first-order chi connectivity index (χ1) is 13.4. The van der Waals surface area contributed by atoms with Gasteiger partial charge in [0, 0.05) is 5.02 Å². The third-order valence-electron chi connectivity index (χ3n) is 4.12. The summed E-state index contributed by atoms with van der Waals surface area (Å²) in [5.74, 6) is 0.302. The summed E-state index contributed by atoms with van der Waals surface area (Å²) in [6.45, 7) is 1.83. The zero-order chi connectivity index (χ0) is 19.8. The van der Waals surface area contributed by atoms with E-state index < -0.39 is 10.8 Å². The summed E-state index contributed by atoms with van der Waals surface area (Å²) in [5, 5.41) is 15.0. The molecular formula is C18H12ClN3O5S. The molecule has 0 aliphatic carbocycles. The summed E-state index contributed by atoms with van der Waals surface area (Å²) in [5.41, 5.74) is 1.48. The molecule has 0 spiro atoms. The van der Waals surface area contributed by atoms with Crippen LogP contribution in [0.25, 0.3) is 6.08 Å². The lowest BCUT2D eigenvalue weighted by Crippen LogP contribution is -2.19. The summed E-state index contributed by atoms with van der Waals surface area (Å²) >= 11 is 7.19. The quantitative estimate of drug-likeness (QED) is 0.456. The maximum absolute atomic E-state index is 12.3. The van der Waals surface area contributed by atoms with Gasteiger partial charge in [0.2, 0.25) is 6.79 Å². The van der Waals surface area contributed by atoms with Crippen LogP contribution in [-0.2, 0) is 4.79 Å². The second-order valence-corrected chi connectivity index (χ2v) is 7.32. The molecule has 0 bridgehead atoms. The predicted molar refractivity (Wildman–Crippen MR) is 106 cm³/mol. The summed E-state index contributed by atoms with van der Waals surface area (Å²) < 4.78 is 10.4. The number of hydrogen-bond donors (Lipinski definition) is 1. The fourth-order valence-electron chi connectivity index (χ4n) is 2.67. The van der Waals surface area contributed by atoms with Crippen molar-refractivity contribution in [3.8, 4) is 11.5 Å². The van der Waals surface area contributed by atoms with Gasteiger partial charge in [-0.15, -0.1) is 0 Å². The number of hydrogen-bond acceptors (Lipinski definition) is 7. The zero-order valence-electron chi connectivity index (χ0n) is 14.4. The highest BCUT2D eigenvalue weighted by atomic mass is 35.5. The van der Waals surface area contributed by atoms with Crippen LogP contribution in [0.15, 0.2) is 40.2 Å². The van der Waals surface area contributed by atoms with Gasteiger partial charge < -0.3 is 14.8 Å². The van der Waals surface area contributed by atoms with E-state index >= 15 is 0 Å². The Kier molecular flexibility index (Phi) is 4.70. The number of amidine groups is 1. The molecule has 0 aromatic heterocycles. The van der Waals surface area contributed by atoms with E-state index in [2.05, 4.69) is 10.3 Å². The Morgan fingerprint density at radius 1 is 1.32 bits per heavy atom. The molecule has 2 aliphatic rings. The standard InChI is InChI=1S/C18H12ClN3O5S/c1-9-11(19)3-2-4-12(9)20-18-21-17(23)16(28-18)6-10-5-14-15(27-8-26-14)7-13(10)22(24)25/h2-7H,8H2,1H3,(H,20,21,23)/b16-6-. The summed E-state index contributed by atoms with van der Waals surface area (Å²) in [6.07, 6.45) is 1.44. The topological polar surface area (TPSA) is 103 Å². The molecule has 8 nitrogen and oxygen atoms in total. The molecule has 2 aromatic carbocycles. The largest absolute Gasteiger partial charge is 0.454 e. The molecule has 2 heterocycles. The minimum atomic E-state index is -0.532. The van der Waals surface area contributed by atoms with Gasteiger partial charge in [-0.05, 0) is 48.5 Å². The van der Waals surface area contributed by atoms with Crippen molar-refractivity contribution >= 4 is 51.9 Å². The van der Waals surface area contributed by atoms with E-state index in [1.54, 1.807) is 18.2 Å². The van der Waals surface area contributed by atoms with Gasteiger partial charge in [-0.2, -0.15) is 0 Å². The number of aliphatic imine (C=N–C) groups is 1. The number of thioether (sulfide) groups is 1. The number of halogens is 1. The molecule has 0 unspecified atom stereocenters. The monoisotopic (exact) mass is 417 g/mol. The number of fused-ring (bicyclic) bond motifs is 1. The number of nitrogens with zero attached hydrogens (tertiary/aromatic N) is 2. The average molecular weight is 418 g/mol. The van der Waals surface area contributed by atoms with Crippen LogP contribution in [0.2, 0.25) is 5.02 Å². The van der Waals surface area contributed by atoms with Crippen LogP contribution in [-0.4, -0.2) is 22.8 Å². The first-order valence-corrected chi connectivity index (χ1v) is 9.24. The maximum atomic E-state index is 12.3. The lowest BCUT2D eigenvalue weighted by atomic mass is 10.1. The predicted octanol–water partition coefficient (Wildman–Crippen LogP) is 4.18. The fourth-order valence-corrected chi connectivity index (χ4v) is 3.66. The lowest BCUT2D eigenvalue weighted by Gasteiger charge is -2.02. The summed E-state index contributed by atoms with van der Waals surface area (Å²) in [4.78, 5) is 27.9. The number of amides is 1. The van der Waals surface area contributed by atoms with E-state index in [4.69, 9.17) is 21.1 Å². The summed E-state index contributed by atoms with van der Waals surface area (Å²) in [6, 6.07) is 8.08. The Morgan fingerprint density at radius 2 is 2.07 bits per heavy atom. The van der Waals surface area contributed by atoms with Crippen LogP contribution in [0.3, 0.4) is 0 Å². The molecule has 2 aromatic rings. The van der Waals surface area contributed by atoms with Crippen LogP contribution in [0.5, 0.6) is 11.5 Å². The third kappa shape index (κ3) is 3.41. The van der Waals surface area contributed by atoms with E-state index in [1.807, 2.05) is 6.92 Å². The maximum Gasteiger partial charge on any atom is 0.280 e. The Balaban J connectivity index is 1.68. The minimum Gasteiger partial charge on any atom is -0.454 e. The Bertz CT molecular complexity index is 1080. The number of ether oxygens (including phenoxy) is 2. The molecule has 1 N–H and O–H groups in total. The van der Waals surface area contributed by atoms with E-state index in [1.165, 1.54) is 18.2 Å². The molecule has 1 saturated heterocycles. The smallest absolute Gasteiger partial charge is 0.280 e. The van der Waals surface area contributed by atoms with Crippen LogP contribution in [0.1, 0.15) is 11.1 Å². The van der Waals surface area contributed by atoms with Gasteiger partial charge in [0.1, 0.15) is 0 Å². The normalized spacial score (nSPS) is 18.0. The van der Waals surface area contributed by atoms with Crippen molar-refractivity contribution in [2.24, 2.45) is 4.99 Å². The van der Waals surface area contributed by atoms with Gasteiger partial charge in [-0.25, -0.2) is 4.99 Å². The number of rotatable bonds is 3. The minimum absolute atomic E-state index is 0.00244. The molecule has 1 amide bonds. The number of carbonyl (C=O) groups is 1. The number of nitro groups is 1. The van der Waals surface area contributed by atoms with Crippen molar-refractivity contribution in [2.75, 3.05) is 6.79 Å². The highest BCUT2D eigenvalue weighted by Gasteiger charge is 2.27. The van der Waals surface area contributed by atoms with Gasteiger partial charge in [0.05, 0.1) is 27.1 Å². The summed E-state index contributed by atoms with van der Waals surface area (Å²) in [7, 11) is 0. The van der Waals surface area contributed by atoms with E-state index in [0.717, 1.165) is 17.3 Å². The molecule has 10 heteroatoms. The molecule has 0 radical (unpaired) electrons. The second kappa shape index (κ2) is 7.17. The van der Waals surface area contributed by atoms with Crippen LogP contribution in [0.4, 0.5) is 11.4 Å². The van der Waals surface area contributed by atoms with Crippen molar-refractivity contribution in [2.45, 2.75) is 6.92 Å². The second-order valence-electron chi connectivity index (χ2n) is 5.89. The lowest BCUT2D eigenvalue weighted by molar-refractivity contribution is -0.385. The first kappa shape index (κ1) is 18.3. The number of carbonyl (C=O) groups excluding carboxylic acids is 1. The molecular weight excluding hydrogens is 406 g/mol. The van der Waals surface area contributed by atoms with Crippen LogP contribution in [0, 0.1) is 17.0 Å². The number of benzene rings is 2. The van der Waals surface area contributed by atoms with Gasteiger partial charge in [-0.3, -0.25) is 14.9 Å². The Labute approximate surface area is 168 Å². The van der Waals surface area contributed by atoms with Crippen molar-refractivity contribution in [1.82, 2.24) is 5.32 Å². The van der Waals surface area contributed by atoms with E-state index in [9.17, 15) is 14.9 Å². The highest BCUT2D eigenvalue weighted by molar-refractivity contribution is 8.18. The van der Waals surface area contributed by atoms with Gasteiger partial charge in [0.25, 0.3) is 11.6 Å². The molecule has 28 heavy (non-hydrogen) atoms.